The normalized spacial score (nSPS) is 41.3. The molecule has 0 spiro atoms. The Bertz CT molecular complexity index is 909. The summed E-state index contributed by atoms with van der Waals surface area (Å²) in [5, 5.41) is 0. The smallest absolute Gasteiger partial charge is 0.308 e. The Hall–Kier alpha value is -1.72. The fraction of sp³-hybridized carbons (Fsp3) is 0.867. The molecule has 4 saturated carbocycles. The minimum atomic E-state index is -0.488. The fourth-order valence-electron chi connectivity index (χ4n) is 9.45. The number of rotatable bonds is 7. The quantitative estimate of drug-likeness (QED) is 0.441. The van der Waals surface area contributed by atoms with Gasteiger partial charge in [0.2, 0.25) is 0 Å². The van der Waals surface area contributed by atoms with Gasteiger partial charge in [0.15, 0.2) is 0 Å². The molecule has 0 aromatic carbocycles. The summed E-state index contributed by atoms with van der Waals surface area (Å²) >= 11 is 0. The first kappa shape index (κ1) is 27.3. The van der Waals surface area contributed by atoms with Crippen molar-refractivity contribution in [2.24, 2.45) is 64.1 Å². The number of fused-ring (bicyclic) bond motifs is 5. The highest BCUT2D eigenvalue weighted by atomic mass is 16.5. The molecule has 202 valence electrons. The summed E-state index contributed by atoms with van der Waals surface area (Å²) in [5.41, 5.74) is -0.651. The topological polar surface area (TPSA) is 86.7 Å². The van der Waals surface area contributed by atoms with E-state index in [-0.39, 0.29) is 70.5 Å². The lowest BCUT2D eigenvalue weighted by Crippen LogP contribution is -2.58. The van der Waals surface area contributed by atoms with Crippen LogP contribution in [0.3, 0.4) is 0 Å². The SMILES string of the molecule is COC(=O)C(CC[C@@H](C)[C@H]1CC[C@H]2[C@@H]3C(=O)C[C@@H]4[C@@H](C(=O)OC)CC[C@]4(C)[C@H]3CC(=O)[C@]12C)C(C)C. The molecule has 0 heterocycles. The van der Waals surface area contributed by atoms with Crippen molar-refractivity contribution in [2.75, 3.05) is 14.2 Å². The number of esters is 2. The average Bonchev–Trinajstić information content (AvgIpc) is 3.37. The highest BCUT2D eigenvalue weighted by Gasteiger charge is 2.67. The maximum atomic E-state index is 14.0. The molecule has 10 atom stereocenters. The summed E-state index contributed by atoms with van der Waals surface area (Å²) in [7, 11) is 2.88. The van der Waals surface area contributed by atoms with Gasteiger partial charge in [0.1, 0.15) is 11.6 Å². The van der Waals surface area contributed by atoms with Gasteiger partial charge in [0.05, 0.1) is 26.1 Å². The third-order valence-electron chi connectivity index (χ3n) is 11.6. The summed E-state index contributed by atoms with van der Waals surface area (Å²) in [6.07, 6.45) is 6.02. The summed E-state index contributed by atoms with van der Waals surface area (Å²) in [4.78, 5) is 52.5. The lowest BCUT2D eigenvalue weighted by atomic mass is 9.46. The Morgan fingerprint density at radius 1 is 0.917 bits per heavy atom. The largest absolute Gasteiger partial charge is 0.469 e. The predicted molar refractivity (Wildman–Crippen MR) is 136 cm³/mol. The molecule has 4 aliphatic rings. The molecule has 0 amide bonds. The average molecular weight is 503 g/mol. The van der Waals surface area contributed by atoms with E-state index in [1.54, 1.807) is 0 Å². The van der Waals surface area contributed by atoms with Crippen LogP contribution in [0.4, 0.5) is 0 Å². The van der Waals surface area contributed by atoms with Gasteiger partial charge in [-0.05, 0) is 79.4 Å². The lowest BCUT2D eigenvalue weighted by molar-refractivity contribution is -0.164. The van der Waals surface area contributed by atoms with Crippen molar-refractivity contribution in [3.05, 3.63) is 0 Å². The molecule has 4 rings (SSSR count). The molecule has 0 bridgehead atoms. The number of carbonyl (C=O) groups is 4. The van der Waals surface area contributed by atoms with Crippen molar-refractivity contribution in [1.29, 1.82) is 0 Å². The van der Waals surface area contributed by atoms with Gasteiger partial charge in [0.25, 0.3) is 0 Å². The molecule has 6 nitrogen and oxygen atoms in total. The van der Waals surface area contributed by atoms with E-state index in [1.165, 1.54) is 14.2 Å². The Labute approximate surface area is 216 Å². The van der Waals surface area contributed by atoms with Gasteiger partial charge in [-0.1, -0.05) is 34.6 Å². The highest BCUT2D eigenvalue weighted by molar-refractivity contribution is 5.92. The van der Waals surface area contributed by atoms with Crippen LogP contribution < -0.4 is 0 Å². The molecular weight excluding hydrogens is 456 g/mol. The summed E-state index contributed by atoms with van der Waals surface area (Å²) in [6.45, 7) is 10.7. The van der Waals surface area contributed by atoms with Gasteiger partial charge in [-0.2, -0.15) is 0 Å². The number of hydrogen-bond acceptors (Lipinski definition) is 6. The molecule has 4 fully saturated rings. The molecule has 0 radical (unpaired) electrons. The number of carbonyl (C=O) groups excluding carboxylic acids is 4. The Kier molecular flexibility index (Phi) is 7.49. The van der Waals surface area contributed by atoms with Gasteiger partial charge in [0, 0.05) is 24.2 Å². The second kappa shape index (κ2) is 9.87. The van der Waals surface area contributed by atoms with E-state index in [1.807, 2.05) is 0 Å². The third-order valence-corrected chi connectivity index (χ3v) is 11.6. The van der Waals surface area contributed by atoms with Crippen molar-refractivity contribution in [2.45, 2.75) is 86.0 Å². The Morgan fingerprint density at radius 2 is 1.61 bits per heavy atom. The summed E-state index contributed by atoms with van der Waals surface area (Å²) < 4.78 is 10.1. The van der Waals surface area contributed by atoms with E-state index in [0.717, 1.165) is 38.5 Å². The minimum Gasteiger partial charge on any atom is -0.469 e. The first-order valence-electron chi connectivity index (χ1n) is 14.1. The van der Waals surface area contributed by atoms with Crippen molar-refractivity contribution in [1.82, 2.24) is 0 Å². The Morgan fingerprint density at radius 3 is 2.22 bits per heavy atom. The van der Waals surface area contributed by atoms with Gasteiger partial charge in [-0.15, -0.1) is 0 Å². The van der Waals surface area contributed by atoms with E-state index < -0.39 is 5.41 Å². The number of Topliss-reactive ketones (excluding diaryl/α,β-unsaturated/α-hetero) is 2. The first-order chi connectivity index (χ1) is 16.9. The van der Waals surface area contributed by atoms with Crippen LogP contribution >= 0.6 is 0 Å². The second-order valence-corrected chi connectivity index (χ2v) is 13.2. The van der Waals surface area contributed by atoms with Crippen LogP contribution in [0.5, 0.6) is 0 Å². The zero-order valence-corrected chi connectivity index (χ0v) is 23.3. The monoisotopic (exact) mass is 502 g/mol. The van der Waals surface area contributed by atoms with Crippen molar-refractivity contribution >= 4 is 23.5 Å². The zero-order valence-electron chi connectivity index (χ0n) is 23.3. The lowest BCUT2D eigenvalue weighted by Gasteiger charge is -2.56. The second-order valence-electron chi connectivity index (χ2n) is 13.2. The number of ketones is 2. The zero-order chi connectivity index (χ0) is 26.6. The first-order valence-corrected chi connectivity index (χ1v) is 14.1. The van der Waals surface area contributed by atoms with Crippen molar-refractivity contribution in [3.8, 4) is 0 Å². The molecule has 0 aromatic heterocycles. The van der Waals surface area contributed by atoms with Crippen LogP contribution in [0.2, 0.25) is 0 Å². The van der Waals surface area contributed by atoms with E-state index in [9.17, 15) is 19.2 Å². The van der Waals surface area contributed by atoms with E-state index in [4.69, 9.17) is 9.47 Å². The van der Waals surface area contributed by atoms with Crippen molar-refractivity contribution in [3.63, 3.8) is 0 Å². The van der Waals surface area contributed by atoms with Crippen molar-refractivity contribution < 1.29 is 28.7 Å². The van der Waals surface area contributed by atoms with Gasteiger partial charge >= 0.3 is 11.9 Å². The number of ether oxygens (including phenoxy) is 2. The van der Waals surface area contributed by atoms with E-state index in [2.05, 4.69) is 34.6 Å². The highest BCUT2D eigenvalue weighted by Crippen LogP contribution is 2.68. The van der Waals surface area contributed by atoms with Crippen LogP contribution in [0.25, 0.3) is 0 Å². The molecule has 0 aliphatic heterocycles. The van der Waals surface area contributed by atoms with E-state index in [0.29, 0.717) is 24.5 Å². The molecule has 0 saturated heterocycles. The van der Waals surface area contributed by atoms with Crippen LogP contribution in [-0.2, 0) is 28.7 Å². The molecule has 1 unspecified atom stereocenters. The molecule has 0 aromatic rings. The molecule has 6 heteroatoms. The van der Waals surface area contributed by atoms with Crippen LogP contribution in [-0.4, -0.2) is 37.7 Å². The minimum absolute atomic E-state index is 0.0155. The fourth-order valence-corrected chi connectivity index (χ4v) is 9.45. The third kappa shape index (κ3) is 4.05. The van der Waals surface area contributed by atoms with Crippen LogP contribution in [0, 0.1) is 64.1 Å². The van der Waals surface area contributed by atoms with Gasteiger partial charge in [-0.3, -0.25) is 19.2 Å². The van der Waals surface area contributed by atoms with Crippen LogP contribution in [0.1, 0.15) is 86.0 Å². The maximum Gasteiger partial charge on any atom is 0.308 e. The predicted octanol–water partition coefficient (Wildman–Crippen LogP) is 5.26. The van der Waals surface area contributed by atoms with Gasteiger partial charge in [-0.25, -0.2) is 0 Å². The molecular formula is C30H46O6. The summed E-state index contributed by atoms with van der Waals surface area (Å²) in [6, 6.07) is 0. The Balaban J connectivity index is 1.55. The summed E-state index contributed by atoms with van der Waals surface area (Å²) in [5.74, 6) is 0.613. The number of methoxy groups -OCH3 is 2. The standard InChI is InChI=1S/C30H46O6/c1-16(2)18(27(33)35-6)9-8-17(3)20-10-11-21-26-23(15-25(32)30(20,21)5)29(4)13-12-19(28(34)36-7)22(29)14-24(26)31/h16-23,26H,8-15H2,1-7H3/t17-,18?,19+,20-,21+,22-,23+,26+,29+,30-/m1/s1. The number of hydrogen-bond donors (Lipinski definition) is 0. The van der Waals surface area contributed by atoms with Crippen LogP contribution in [0.15, 0.2) is 0 Å². The molecule has 0 N–H and O–H groups in total. The molecule has 4 aliphatic carbocycles. The van der Waals surface area contributed by atoms with E-state index >= 15 is 0 Å². The molecule has 36 heavy (non-hydrogen) atoms. The van der Waals surface area contributed by atoms with Gasteiger partial charge < -0.3 is 9.47 Å². The maximum absolute atomic E-state index is 14.0.